The number of thioether (sulfide) groups is 1. The van der Waals surface area contributed by atoms with Gasteiger partial charge in [0.05, 0.1) is 4.92 Å². The lowest BCUT2D eigenvalue weighted by atomic mass is 10.1. The van der Waals surface area contributed by atoms with E-state index >= 15 is 0 Å². The van der Waals surface area contributed by atoms with Crippen LogP contribution in [0.15, 0.2) is 168 Å². The van der Waals surface area contributed by atoms with Crippen LogP contribution in [0.2, 0.25) is 0 Å². The maximum Gasteiger partial charge on any atom is 0.272 e. The summed E-state index contributed by atoms with van der Waals surface area (Å²) in [6.07, 6.45) is 1.59. The Morgan fingerprint density at radius 3 is 2.04 bits per heavy atom. The predicted octanol–water partition coefficient (Wildman–Crippen LogP) is 9.36. The quantitative estimate of drug-likeness (QED) is 0.0437. The van der Waals surface area contributed by atoms with Gasteiger partial charge in [-0.05, 0) is 89.9 Å². The van der Waals surface area contributed by atoms with Crippen molar-refractivity contribution in [1.29, 1.82) is 0 Å². The molecule has 0 heterocycles. The summed E-state index contributed by atoms with van der Waals surface area (Å²) in [5, 5.41) is 19.1. The molecule has 0 aromatic heterocycles. The van der Waals surface area contributed by atoms with Crippen LogP contribution in [-0.2, 0) is 16.2 Å². The van der Waals surface area contributed by atoms with Crippen LogP contribution in [0.25, 0.3) is 6.08 Å². The molecule has 6 rings (SSSR count). The van der Waals surface area contributed by atoms with Gasteiger partial charge in [-0.3, -0.25) is 24.5 Å². The summed E-state index contributed by atoms with van der Waals surface area (Å²) in [6.45, 7) is 2.11. The van der Waals surface area contributed by atoms with Gasteiger partial charge >= 0.3 is 0 Å². The maximum absolute atomic E-state index is 13.7. The second-order valence-corrected chi connectivity index (χ2v) is 13.5. The minimum absolute atomic E-state index is 0.0348. The Kier molecular flexibility index (Phi) is 12.5. The first-order valence-electron chi connectivity index (χ1n) is 17.3. The monoisotopic (exact) mass is 748 g/mol. The summed E-state index contributed by atoms with van der Waals surface area (Å²) in [4.78, 5) is 52.0. The van der Waals surface area contributed by atoms with Crippen LogP contribution in [0.3, 0.4) is 0 Å². The zero-order valence-electron chi connectivity index (χ0n) is 29.7. The van der Waals surface area contributed by atoms with Crippen molar-refractivity contribution in [2.75, 3.05) is 10.6 Å². The molecule has 10 nitrogen and oxygen atoms in total. The topological polar surface area (TPSA) is 140 Å². The van der Waals surface area contributed by atoms with Crippen molar-refractivity contribution in [2.45, 2.75) is 23.7 Å². The molecule has 6 aromatic rings. The third kappa shape index (κ3) is 10.6. The van der Waals surface area contributed by atoms with Crippen LogP contribution in [0, 0.1) is 17.0 Å². The van der Waals surface area contributed by atoms with E-state index in [1.54, 1.807) is 91.9 Å². The van der Waals surface area contributed by atoms with Crippen molar-refractivity contribution in [2.24, 2.45) is 0 Å². The second kappa shape index (κ2) is 18.2. The SMILES string of the molecule is Cc1cc([N+](=O)[O-])ccc1NC(=O)C(Sc1ccc(NC(=O)/C(=C/c2ccc(OCc3ccccc3)cc2)NC(=O)c2ccccc2)cc1)c1ccccc1. The Bertz CT molecular complexity index is 2300. The zero-order valence-corrected chi connectivity index (χ0v) is 30.5. The Balaban J connectivity index is 1.17. The fraction of sp³-hybridized carbons (Fsp3) is 0.0682. The summed E-state index contributed by atoms with van der Waals surface area (Å²) >= 11 is 1.32. The number of carbonyl (C=O) groups excluding carboxylic acids is 3. The molecule has 55 heavy (non-hydrogen) atoms. The Morgan fingerprint density at radius 1 is 0.764 bits per heavy atom. The number of hydrogen-bond acceptors (Lipinski definition) is 7. The minimum atomic E-state index is -0.658. The molecular weight excluding hydrogens is 713 g/mol. The lowest BCUT2D eigenvalue weighted by molar-refractivity contribution is -0.384. The molecule has 0 saturated heterocycles. The van der Waals surface area contributed by atoms with Gasteiger partial charge in [0.25, 0.3) is 17.5 Å². The Labute approximate surface area is 322 Å². The molecule has 0 radical (unpaired) electrons. The average Bonchev–Trinajstić information content (AvgIpc) is 3.21. The number of nitrogens with one attached hydrogen (secondary N) is 3. The maximum atomic E-state index is 13.7. The van der Waals surface area contributed by atoms with Gasteiger partial charge in [-0.1, -0.05) is 91.0 Å². The Morgan fingerprint density at radius 2 is 1.40 bits per heavy atom. The summed E-state index contributed by atoms with van der Waals surface area (Å²) in [5.74, 6) is -0.614. The van der Waals surface area contributed by atoms with Gasteiger partial charge in [0.1, 0.15) is 23.3 Å². The van der Waals surface area contributed by atoms with Crippen molar-refractivity contribution in [1.82, 2.24) is 5.32 Å². The van der Waals surface area contributed by atoms with Gasteiger partial charge in [-0.25, -0.2) is 0 Å². The smallest absolute Gasteiger partial charge is 0.272 e. The van der Waals surface area contributed by atoms with E-state index < -0.39 is 22.0 Å². The summed E-state index contributed by atoms with van der Waals surface area (Å²) in [6, 6.07) is 46.2. The largest absolute Gasteiger partial charge is 0.489 e. The first kappa shape index (κ1) is 37.8. The van der Waals surface area contributed by atoms with Gasteiger partial charge in [-0.2, -0.15) is 0 Å². The van der Waals surface area contributed by atoms with Crippen molar-refractivity contribution in [3.63, 3.8) is 0 Å². The molecule has 0 fully saturated rings. The fourth-order valence-corrected chi connectivity index (χ4v) is 6.49. The normalized spacial score (nSPS) is 11.5. The van der Waals surface area contributed by atoms with Crippen molar-refractivity contribution >= 4 is 52.6 Å². The number of carbonyl (C=O) groups is 3. The number of amides is 3. The van der Waals surface area contributed by atoms with E-state index in [2.05, 4.69) is 16.0 Å². The lowest BCUT2D eigenvalue weighted by Gasteiger charge is -2.18. The van der Waals surface area contributed by atoms with Crippen molar-refractivity contribution in [3.05, 3.63) is 201 Å². The lowest BCUT2D eigenvalue weighted by Crippen LogP contribution is -2.30. The average molecular weight is 749 g/mol. The number of hydrogen-bond donors (Lipinski definition) is 3. The van der Waals surface area contributed by atoms with E-state index in [0.717, 1.165) is 16.0 Å². The molecule has 0 aliphatic rings. The minimum Gasteiger partial charge on any atom is -0.489 e. The third-order valence-electron chi connectivity index (χ3n) is 8.35. The highest BCUT2D eigenvalue weighted by atomic mass is 32.2. The van der Waals surface area contributed by atoms with Crippen molar-refractivity contribution < 1.29 is 24.0 Å². The molecule has 0 spiro atoms. The summed E-state index contributed by atoms with van der Waals surface area (Å²) < 4.78 is 5.90. The standard InChI is InChI=1S/C44H36N4O6S/c1-30-27-36(48(52)53)21-26-39(30)46-44(51)41(33-13-7-3-8-14-33)55-38-24-19-35(20-25-38)45-43(50)40(47-42(49)34-15-9-4-10-16-34)28-31-17-22-37(23-18-31)54-29-32-11-5-2-6-12-32/h2-28,41H,29H2,1H3,(H,45,50)(H,46,51)(H,47,49)/b40-28-. The molecule has 3 amide bonds. The predicted molar refractivity (Wildman–Crippen MR) is 216 cm³/mol. The fourth-order valence-electron chi connectivity index (χ4n) is 5.46. The molecule has 6 aromatic carbocycles. The molecule has 1 unspecified atom stereocenters. The molecule has 0 aliphatic heterocycles. The van der Waals surface area contributed by atoms with E-state index in [1.807, 2.05) is 60.7 Å². The van der Waals surface area contributed by atoms with E-state index in [0.29, 0.717) is 40.4 Å². The van der Waals surface area contributed by atoms with Gasteiger partial charge in [0.15, 0.2) is 0 Å². The van der Waals surface area contributed by atoms with E-state index in [4.69, 9.17) is 4.74 Å². The van der Waals surface area contributed by atoms with Gasteiger partial charge in [0.2, 0.25) is 5.91 Å². The highest BCUT2D eigenvalue weighted by Crippen LogP contribution is 2.37. The molecule has 3 N–H and O–H groups in total. The van der Waals surface area contributed by atoms with E-state index in [-0.39, 0.29) is 17.3 Å². The Hall–Kier alpha value is -6.98. The van der Waals surface area contributed by atoms with Crippen LogP contribution in [-0.4, -0.2) is 22.6 Å². The molecule has 1 atom stereocenters. The number of nitro groups is 1. The molecule has 11 heteroatoms. The first-order chi connectivity index (χ1) is 26.7. The highest BCUT2D eigenvalue weighted by Gasteiger charge is 2.23. The molecule has 0 aliphatic carbocycles. The first-order valence-corrected chi connectivity index (χ1v) is 18.1. The van der Waals surface area contributed by atoms with Crippen molar-refractivity contribution in [3.8, 4) is 5.75 Å². The number of aryl methyl sites for hydroxylation is 1. The number of non-ortho nitro benzene ring substituents is 1. The van der Waals surface area contributed by atoms with Gasteiger partial charge in [0, 0.05) is 34.0 Å². The number of nitrogens with zero attached hydrogens (tertiary/aromatic N) is 1. The van der Waals surface area contributed by atoms with Crippen LogP contribution in [0.4, 0.5) is 17.1 Å². The van der Waals surface area contributed by atoms with E-state index in [9.17, 15) is 24.5 Å². The third-order valence-corrected chi connectivity index (χ3v) is 9.62. The van der Waals surface area contributed by atoms with Crippen LogP contribution in [0.5, 0.6) is 5.75 Å². The zero-order chi connectivity index (χ0) is 38.6. The van der Waals surface area contributed by atoms with Crippen LogP contribution in [0.1, 0.15) is 37.9 Å². The second-order valence-electron chi connectivity index (χ2n) is 12.4. The number of nitro benzene ring substituents is 1. The molecular formula is C44H36N4O6S. The number of ether oxygens (including phenoxy) is 1. The van der Waals surface area contributed by atoms with Gasteiger partial charge < -0.3 is 20.7 Å². The number of anilines is 2. The summed E-state index contributed by atoms with van der Waals surface area (Å²) in [7, 11) is 0. The number of rotatable bonds is 14. The van der Waals surface area contributed by atoms with Crippen LogP contribution < -0.4 is 20.7 Å². The summed E-state index contributed by atoms with van der Waals surface area (Å²) in [5.41, 5.74) is 4.37. The molecule has 274 valence electrons. The van der Waals surface area contributed by atoms with Gasteiger partial charge in [-0.15, -0.1) is 11.8 Å². The van der Waals surface area contributed by atoms with E-state index in [1.165, 1.54) is 30.0 Å². The number of benzene rings is 6. The van der Waals surface area contributed by atoms with Crippen LogP contribution >= 0.6 is 11.8 Å². The highest BCUT2D eigenvalue weighted by molar-refractivity contribution is 8.00. The molecule has 0 bridgehead atoms. The molecule has 0 saturated carbocycles.